The first-order chi connectivity index (χ1) is 50.3. The first kappa shape index (κ1) is 102. The number of allylic oxidation sites excluding steroid dienone is 4. The smallest absolute Gasteiger partial charge is 0.462 e. The summed E-state index contributed by atoms with van der Waals surface area (Å²) in [7, 11) is -9.94. The minimum Gasteiger partial charge on any atom is -0.462 e. The number of carbonyl (C=O) groups excluding carboxylic acids is 4. The number of rotatable bonds is 81. The molecule has 0 radical (unpaired) electrons. The SMILES string of the molecule is CCCCCC/C=C\C=C/CCCCCCCC(=O)O[C@H](COC(=O)CCCCCCCCC(C)C)COP(=O)(O)OC[C@H](O)COP(=O)(O)OC[C@@H](COC(=O)CCCCCCCCCCCCCCCCC(C)CC)OC(=O)CCCCCCCCCCCCCCCCCCCCC(C)CC. The Morgan fingerprint density at radius 1 is 0.317 bits per heavy atom. The number of aliphatic hydroxyl groups excluding tert-OH is 1. The molecule has 0 aromatic carbocycles. The summed E-state index contributed by atoms with van der Waals surface area (Å²) in [6.07, 6.45) is 67.6. The molecule has 19 heteroatoms. The molecule has 0 saturated carbocycles. The molecule has 0 bridgehead atoms. The molecule has 0 aromatic rings. The lowest BCUT2D eigenvalue weighted by Gasteiger charge is -2.21. The summed E-state index contributed by atoms with van der Waals surface area (Å²) in [6.45, 7) is 11.9. The zero-order valence-electron chi connectivity index (χ0n) is 68.0. The van der Waals surface area contributed by atoms with Crippen molar-refractivity contribution in [2.75, 3.05) is 39.6 Å². The minimum absolute atomic E-state index is 0.0840. The Bertz CT molecular complexity index is 2110. The van der Waals surface area contributed by atoms with Gasteiger partial charge < -0.3 is 33.8 Å². The van der Waals surface area contributed by atoms with Crippen LogP contribution in [0.25, 0.3) is 0 Å². The van der Waals surface area contributed by atoms with Gasteiger partial charge in [-0.3, -0.25) is 37.3 Å². The second-order valence-electron chi connectivity index (χ2n) is 30.8. The third kappa shape index (κ3) is 75.0. The summed E-state index contributed by atoms with van der Waals surface area (Å²) in [5, 5.41) is 10.7. The van der Waals surface area contributed by atoms with E-state index in [2.05, 4.69) is 72.8 Å². The first-order valence-electron chi connectivity index (χ1n) is 43.2. The highest BCUT2D eigenvalue weighted by Gasteiger charge is 2.30. The highest BCUT2D eigenvalue weighted by atomic mass is 31.2. The van der Waals surface area contributed by atoms with E-state index in [1.165, 1.54) is 212 Å². The average molecular weight is 1520 g/mol. The Hall–Kier alpha value is -2.46. The van der Waals surface area contributed by atoms with Crippen LogP contribution in [0.5, 0.6) is 0 Å². The largest absolute Gasteiger partial charge is 0.472 e. The maximum Gasteiger partial charge on any atom is 0.472 e. The Labute approximate surface area is 637 Å². The van der Waals surface area contributed by atoms with Gasteiger partial charge in [-0.15, -0.1) is 0 Å². The molecule has 7 atom stereocenters. The van der Waals surface area contributed by atoms with Crippen LogP contribution < -0.4 is 0 Å². The molecule has 0 aliphatic carbocycles. The van der Waals surface area contributed by atoms with Crippen LogP contribution in [-0.2, 0) is 65.4 Å². The van der Waals surface area contributed by atoms with Crippen molar-refractivity contribution in [2.45, 2.75) is 439 Å². The lowest BCUT2D eigenvalue weighted by molar-refractivity contribution is -0.161. The van der Waals surface area contributed by atoms with Gasteiger partial charge in [0, 0.05) is 25.7 Å². The van der Waals surface area contributed by atoms with Gasteiger partial charge >= 0.3 is 39.5 Å². The van der Waals surface area contributed by atoms with Crippen LogP contribution in [0.3, 0.4) is 0 Å². The molecule has 4 unspecified atom stereocenters. The van der Waals surface area contributed by atoms with Crippen molar-refractivity contribution in [3.05, 3.63) is 24.3 Å². The lowest BCUT2D eigenvalue weighted by Crippen LogP contribution is -2.30. The molecule has 0 aromatic heterocycles. The molecule has 0 fully saturated rings. The Morgan fingerprint density at radius 3 is 0.856 bits per heavy atom. The molecule has 0 aliphatic rings. The minimum atomic E-state index is -4.97. The van der Waals surface area contributed by atoms with E-state index in [1.807, 2.05) is 0 Å². The van der Waals surface area contributed by atoms with Crippen molar-refractivity contribution < 1.29 is 80.2 Å². The second kappa shape index (κ2) is 74.6. The topological polar surface area (TPSA) is 237 Å². The first-order valence-corrected chi connectivity index (χ1v) is 46.2. The highest BCUT2D eigenvalue weighted by molar-refractivity contribution is 7.47. The van der Waals surface area contributed by atoms with E-state index in [9.17, 15) is 43.2 Å². The van der Waals surface area contributed by atoms with Crippen LogP contribution in [-0.4, -0.2) is 96.7 Å². The van der Waals surface area contributed by atoms with Crippen LogP contribution >= 0.6 is 15.6 Å². The molecule has 17 nitrogen and oxygen atoms in total. The number of unbranched alkanes of at least 4 members (excludes halogenated alkanes) is 44. The summed E-state index contributed by atoms with van der Waals surface area (Å²) in [5.74, 6) is 0.255. The van der Waals surface area contributed by atoms with E-state index >= 15 is 0 Å². The molecule has 0 rings (SSSR count). The second-order valence-corrected chi connectivity index (χ2v) is 33.8. The Morgan fingerprint density at radius 2 is 0.567 bits per heavy atom. The number of hydrogen-bond acceptors (Lipinski definition) is 15. The number of carbonyl (C=O) groups is 4. The van der Waals surface area contributed by atoms with Gasteiger partial charge in [0.2, 0.25) is 0 Å². The zero-order valence-corrected chi connectivity index (χ0v) is 69.8. The van der Waals surface area contributed by atoms with Crippen LogP contribution in [0.2, 0.25) is 0 Å². The maximum atomic E-state index is 13.1. The molecule has 0 amide bonds. The molecule has 3 N–H and O–H groups in total. The van der Waals surface area contributed by atoms with Gasteiger partial charge in [-0.25, -0.2) is 9.13 Å². The fourth-order valence-electron chi connectivity index (χ4n) is 12.6. The van der Waals surface area contributed by atoms with Gasteiger partial charge in [0.05, 0.1) is 26.4 Å². The van der Waals surface area contributed by atoms with E-state index < -0.39 is 97.5 Å². The normalized spacial score (nSPS) is 14.6. The molecule has 0 spiro atoms. The molecule has 0 heterocycles. The van der Waals surface area contributed by atoms with Gasteiger partial charge in [0.15, 0.2) is 12.2 Å². The third-order valence-corrected chi connectivity index (χ3v) is 21.9. The fourth-order valence-corrected chi connectivity index (χ4v) is 14.2. The van der Waals surface area contributed by atoms with Gasteiger partial charge in [0.25, 0.3) is 0 Å². The Kier molecular flexibility index (Phi) is 72.9. The van der Waals surface area contributed by atoms with Crippen molar-refractivity contribution in [2.24, 2.45) is 17.8 Å². The van der Waals surface area contributed by atoms with Crippen molar-refractivity contribution >= 4 is 39.5 Å². The maximum absolute atomic E-state index is 13.1. The molecule has 104 heavy (non-hydrogen) atoms. The van der Waals surface area contributed by atoms with E-state index in [1.54, 1.807) is 0 Å². The van der Waals surface area contributed by atoms with Gasteiger partial charge in [0.1, 0.15) is 19.3 Å². The van der Waals surface area contributed by atoms with E-state index in [0.717, 1.165) is 121 Å². The van der Waals surface area contributed by atoms with Crippen LogP contribution in [0.4, 0.5) is 0 Å². The lowest BCUT2D eigenvalue weighted by atomic mass is 9.99. The standard InChI is InChI=1S/C85H162O17P2/c1-8-11-12-13-14-15-16-17-22-30-35-40-45-54-61-69-85(90)102-81(73-96-83(88)67-60-53-48-47-49-56-63-76(4)5)75-100-104(93,94)98-71-79(86)70-97-103(91,92)99-74-80(72-95-82(87)66-59-52-44-39-34-29-26-25-28-33-38-43-51-58-65-78(7)10-3)101-84(89)68-62-55-46-41-36-31-24-21-19-18-20-23-27-32-37-42-50-57-64-77(6)9-2/h15-17,22,76-81,86H,8-14,18-21,23-75H2,1-7H3,(H,91,92)(H,93,94)/b16-15-,22-17-/t77?,78?,79-,80-,81-/m1/s1. The van der Waals surface area contributed by atoms with Gasteiger partial charge in [-0.05, 0) is 69.1 Å². The van der Waals surface area contributed by atoms with Crippen LogP contribution in [0, 0.1) is 17.8 Å². The summed E-state index contributed by atoms with van der Waals surface area (Å²) in [4.78, 5) is 73.1. The van der Waals surface area contributed by atoms with E-state index in [4.69, 9.17) is 37.0 Å². The van der Waals surface area contributed by atoms with Gasteiger partial charge in [-0.2, -0.15) is 0 Å². The van der Waals surface area contributed by atoms with Crippen molar-refractivity contribution in [1.82, 2.24) is 0 Å². The van der Waals surface area contributed by atoms with Crippen LogP contribution in [0.1, 0.15) is 421 Å². The zero-order chi connectivity index (χ0) is 76.5. The molecular formula is C85H162O17P2. The third-order valence-electron chi connectivity index (χ3n) is 20.0. The van der Waals surface area contributed by atoms with Gasteiger partial charge in [-0.1, -0.05) is 368 Å². The van der Waals surface area contributed by atoms with Crippen LogP contribution in [0.15, 0.2) is 24.3 Å². The number of esters is 4. The molecule has 0 aliphatic heterocycles. The van der Waals surface area contributed by atoms with Crippen molar-refractivity contribution in [3.63, 3.8) is 0 Å². The predicted molar refractivity (Wildman–Crippen MR) is 427 cm³/mol. The average Bonchev–Trinajstić information content (AvgIpc) is 0.907. The monoisotopic (exact) mass is 1520 g/mol. The molecular weight excluding hydrogens is 1350 g/mol. The summed E-state index contributed by atoms with van der Waals surface area (Å²) in [6, 6.07) is 0. The molecule has 0 saturated heterocycles. The number of aliphatic hydroxyl groups is 1. The number of phosphoric ester groups is 2. The summed E-state index contributed by atoms with van der Waals surface area (Å²) in [5.41, 5.74) is 0. The van der Waals surface area contributed by atoms with Crippen molar-refractivity contribution in [3.8, 4) is 0 Å². The summed E-state index contributed by atoms with van der Waals surface area (Å²) < 4.78 is 68.7. The van der Waals surface area contributed by atoms with Crippen molar-refractivity contribution in [1.29, 1.82) is 0 Å². The van der Waals surface area contributed by atoms with E-state index in [0.29, 0.717) is 31.6 Å². The predicted octanol–water partition coefficient (Wildman–Crippen LogP) is 25.3. The number of hydrogen-bond donors (Lipinski definition) is 3. The molecule has 614 valence electrons. The highest BCUT2D eigenvalue weighted by Crippen LogP contribution is 2.45. The Balaban J connectivity index is 5.24. The van der Waals surface area contributed by atoms with E-state index in [-0.39, 0.29) is 25.7 Å². The number of phosphoric acid groups is 2. The fraction of sp³-hybridized carbons (Fsp3) is 0.906. The number of ether oxygens (including phenoxy) is 4. The quantitative estimate of drug-likeness (QED) is 0.0169. The summed E-state index contributed by atoms with van der Waals surface area (Å²) >= 11 is 0.